The Hall–Kier alpha value is -0.740. The molecule has 0 radical (unpaired) electrons. The van der Waals surface area contributed by atoms with Crippen molar-refractivity contribution in [2.24, 2.45) is 5.41 Å². The first-order valence-corrected chi connectivity index (χ1v) is 12.4. The quantitative estimate of drug-likeness (QED) is 0.137. The van der Waals surface area contributed by atoms with E-state index >= 15 is 0 Å². The number of fused-ring (bicyclic) bond motifs is 1. The first-order valence-electron chi connectivity index (χ1n) is 12.4. The molecule has 0 bridgehead atoms. The third kappa shape index (κ3) is 4.76. The van der Waals surface area contributed by atoms with Crippen molar-refractivity contribution in [1.82, 2.24) is 0 Å². The van der Waals surface area contributed by atoms with Gasteiger partial charge >= 0.3 is 0 Å². The Kier molecular flexibility index (Phi) is 7.68. The summed E-state index contributed by atoms with van der Waals surface area (Å²) in [6, 6.07) is 0. The molecule has 0 aromatic heterocycles. The highest BCUT2D eigenvalue weighted by molar-refractivity contribution is 5.32. The summed E-state index contributed by atoms with van der Waals surface area (Å²) in [6.07, 6.45) is -6.22. The summed E-state index contributed by atoms with van der Waals surface area (Å²) in [5, 5.41) is 70.6. The van der Waals surface area contributed by atoms with Gasteiger partial charge in [0.05, 0.1) is 32.0 Å². The second-order valence-corrected chi connectivity index (χ2v) is 11.5. The molecular weight excluding hydrogens is 480 g/mol. The summed E-state index contributed by atoms with van der Waals surface area (Å²) >= 11 is 0. The van der Waals surface area contributed by atoms with Crippen LogP contribution in [0.25, 0.3) is 0 Å². The summed E-state index contributed by atoms with van der Waals surface area (Å²) in [7, 11) is 0. The molecule has 3 heterocycles. The van der Waals surface area contributed by atoms with Gasteiger partial charge in [0.15, 0.2) is 12.6 Å². The maximum Gasteiger partial charge on any atom is 0.186 e. The van der Waals surface area contributed by atoms with Crippen molar-refractivity contribution < 1.29 is 59.4 Å². The average Bonchev–Trinajstić information content (AvgIpc) is 3.34. The lowest BCUT2D eigenvalue weighted by Crippen LogP contribution is -2.60. The molecular formula is C24H40O12. The lowest BCUT2D eigenvalue weighted by Gasteiger charge is -2.45. The third-order valence-corrected chi connectivity index (χ3v) is 8.10. The lowest BCUT2D eigenvalue weighted by atomic mass is 9.63. The number of rotatable bonds is 8. The summed E-state index contributed by atoms with van der Waals surface area (Å²) < 4.78 is 28.7. The van der Waals surface area contributed by atoms with Crippen LogP contribution in [0, 0.1) is 5.41 Å². The summed E-state index contributed by atoms with van der Waals surface area (Å²) in [5.74, 6) is 0. The summed E-state index contributed by atoms with van der Waals surface area (Å²) in [5.41, 5.74) is -3.36. The van der Waals surface area contributed by atoms with Crippen molar-refractivity contribution in [2.45, 2.75) is 113 Å². The zero-order valence-electron chi connectivity index (χ0n) is 21.1. The molecule has 12 heteroatoms. The van der Waals surface area contributed by atoms with Crippen LogP contribution in [0.5, 0.6) is 0 Å². The Morgan fingerprint density at radius 3 is 2.31 bits per heavy atom. The van der Waals surface area contributed by atoms with Crippen LogP contribution < -0.4 is 0 Å². The monoisotopic (exact) mass is 520 g/mol. The minimum atomic E-state index is -1.87. The Morgan fingerprint density at radius 1 is 1.03 bits per heavy atom. The van der Waals surface area contributed by atoms with Crippen molar-refractivity contribution >= 4 is 0 Å². The molecule has 0 aromatic carbocycles. The van der Waals surface area contributed by atoms with Gasteiger partial charge in [-0.25, -0.2) is 0 Å². The van der Waals surface area contributed by atoms with E-state index in [1.807, 2.05) is 26.8 Å². The van der Waals surface area contributed by atoms with E-state index in [1.165, 1.54) is 0 Å². The van der Waals surface area contributed by atoms with Crippen LogP contribution in [-0.4, -0.2) is 128 Å². The minimum Gasteiger partial charge on any atom is -0.393 e. The number of epoxide rings is 1. The summed E-state index contributed by atoms with van der Waals surface area (Å²) in [4.78, 5) is 0. The Morgan fingerprint density at radius 2 is 1.72 bits per heavy atom. The number of ether oxygens (including phenoxy) is 5. The summed E-state index contributed by atoms with van der Waals surface area (Å²) in [6.45, 7) is 6.28. The van der Waals surface area contributed by atoms with Gasteiger partial charge in [0.25, 0.3) is 0 Å². The molecule has 36 heavy (non-hydrogen) atoms. The second kappa shape index (κ2) is 9.78. The fraction of sp³-hybridized carbons (Fsp3) is 0.917. The highest BCUT2D eigenvalue weighted by Gasteiger charge is 2.75. The molecule has 12 atom stereocenters. The van der Waals surface area contributed by atoms with Crippen LogP contribution in [0.3, 0.4) is 0 Å². The minimum absolute atomic E-state index is 0.345. The van der Waals surface area contributed by atoms with Gasteiger partial charge in [-0.1, -0.05) is 26.0 Å². The first kappa shape index (κ1) is 28.3. The van der Waals surface area contributed by atoms with Gasteiger partial charge in [0.2, 0.25) is 0 Å². The smallest absolute Gasteiger partial charge is 0.186 e. The number of aliphatic hydroxyl groups is 7. The van der Waals surface area contributed by atoms with E-state index in [9.17, 15) is 35.7 Å². The molecule has 3 saturated heterocycles. The molecule has 0 aromatic rings. The fourth-order valence-corrected chi connectivity index (χ4v) is 5.89. The number of aliphatic hydroxyl groups excluding tert-OH is 6. The van der Waals surface area contributed by atoms with Crippen molar-refractivity contribution in [3.63, 3.8) is 0 Å². The highest BCUT2D eigenvalue weighted by Crippen LogP contribution is 2.66. The second-order valence-electron chi connectivity index (χ2n) is 11.5. The molecule has 1 saturated carbocycles. The van der Waals surface area contributed by atoms with Crippen LogP contribution in [0.1, 0.15) is 40.5 Å². The topological polar surface area (TPSA) is 191 Å². The molecule has 12 nitrogen and oxygen atoms in total. The molecule has 0 amide bonds. The molecule has 0 unspecified atom stereocenters. The van der Waals surface area contributed by atoms with Crippen LogP contribution >= 0.6 is 0 Å². The molecule has 208 valence electrons. The largest absolute Gasteiger partial charge is 0.393 e. The van der Waals surface area contributed by atoms with E-state index in [0.717, 1.165) is 0 Å². The third-order valence-electron chi connectivity index (χ3n) is 8.10. The Bertz CT molecular complexity index is 821. The predicted molar refractivity (Wildman–Crippen MR) is 121 cm³/mol. The molecule has 4 fully saturated rings. The van der Waals surface area contributed by atoms with E-state index in [2.05, 4.69) is 0 Å². The van der Waals surface area contributed by atoms with Crippen molar-refractivity contribution in [1.29, 1.82) is 0 Å². The predicted octanol–water partition coefficient (Wildman–Crippen LogP) is -2.08. The first-order chi connectivity index (χ1) is 16.7. The van der Waals surface area contributed by atoms with E-state index in [0.29, 0.717) is 12.8 Å². The van der Waals surface area contributed by atoms with Crippen LogP contribution in [0.4, 0.5) is 0 Å². The van der Waals surface area contributed by atoms with Gasteiger partial charge < -0.3 is 59.4 Å². The molecule has 1 aliphatic carbocycles. The molecule has 7 N–H and O–H groups in total. The van der Waals surface area contributed by atoms with Crippen molar-refractivity contribution in [3.8, 4) is 0 Å². The average molecular weight is 521 g/mol. The van der Waals surface area contributed by atoms with E-state index in [-0.39, 0.29) is 18.6 Å². The van der Waals surface area contributed by atoms with E-state index < -0.39 is 78.7 Å². The van der Waals surface area contributed by atoms with Gasteiger partial charge in [-0.05, 0) is 20.3 Å². The fourth-order valence-electron chi connectivity index (χ4n) is 5.89. The zero-order chi connectivity index (χ0) is 26.7. The van der Waals surface area contributed by atoms with Crippen LogP contribution in [0.2, 0.25) is 0 Å². The van der Waals surface area contributed by atoms with E-state index in [1.54, 1.807) is 13.0 Å². The highest BCUT2D eigenvalue weighted by atomic mass is 16.7. The van der Waals surface area contributed by atoms with Gasteiger partial charge in [0.1, 0.15) is 47.3 Å². The van der Waals surface area contributed by atoms with Gasteiger partial charge in [-0.2, -0.15) is 0 Å². The molecule has 4 rings (SSSR count). The number of hydrogen-bond acceptors (Lipinski definition) is 12. The van der Waals surface area contributed by atoms with Gasteiger partial charge in [-0.3, -0.25) is 0 Å². The van der Waals surface area contributed by atoms with Crippen LogP contribution in [-0.2, 0) is 23.7 Å². The van der Waals surface area contributed by atoms with Crippen LogP contribution in [0.15, 0.2) is 12.2 Å². The lowest BCUT2D eigenvalue weighted by molar-refractivity contribution is -0.322. The van der Waals surface area contributed by atoms with Crippen molar-refractivity contribution in [3.05, 3.63) is 12.2 Å². The molecule has 0 spiro atoms. The number of hydrogen-bond donors (Lipinski definition) is 7. The zero-order valence-corrected chi connectivity index (χ0v) is 21.1. The maximum absolute atomic E-state index is 10.5. The van der Waals surface area contributed by atoms with Gasteiger partial charge in [-0.15, -0.1) is 0 Å². The van der Waals surface area contributed by atoms with Gasteiger partial charge in [0, 0.05) is 11.8 Å². The van der Waals surface area contributed by atoms with Crippen molar-refractivity contribution in [2.75, 3.05) is 19.8 Å². The SMILES string of the molecule is C[C@H](O)/C=C/[C@@]12O[C@]1(C)C[C@@H](O[C@@H]1O[C@H](CO[C@@H]3OC[C@](O)(CO)[C@H]3O)[C@@H](O)[C@H](O)[C@H]1O)CC2(C)C. The molecule has 4 aliphatic rings. The molecule has 3 aliphatic heterocycles. The Labute approximate surface area is 210 Å². The Balaban J connectivity index is 1.39. The normalized spacial score (nSPS) is 51.3. The standard InChI is InChI=1S/C24H40O12/c1-12(26)5-6-24-21(2,3)7-13(8-22(24,4)36-24)34-19-17(29)16(28)15(27)14(35-19)9-32-20-18(30)23(31,10-25)11-33-20/h5-6,12-20,25-31H,7-11H2,1-4H3/b6-5+/t12-,13-,14+,15+,16-,17+,18-,19+,20+,22+,23+,24-/m0/s1. The maximum atomic E-state index is 10.5. The van der Waals surface area contributed by atoms with E-state index in [4.69, 9.17) is 23.7 Å².